The van der Waals surface area contributed by atoms with Crippen LogP contribution in [0.4, 0.5) is 0 Å². The molecule has 1 rings (SSSR count). The maximum absolute atomic E-state index is 11.3. The van der Waals surface area contributed by atoms with Gasteiger partial charge in [0.25, 0.3) is 5.79 Å². The Hall–Kier alpha value is -1.30. The van der Waals surface area contributed by atoms with Crippen LogP contribution in [0.15, 0.2) is 0 Å². The fourth-order valence-corrected chi connectivity index (χ4v) is 2.34. The van der Waals surface area contributed by atoms with E-state index >= 15 is 0 Å². The Labute approximate surface area is 126 Å². The van der Waals surface area contributed by atoms with Crippen molar-refractivity contribution in [3.05, 3.63) is 0 Å². The number of carboxylic acids is 1. The number of nitrogens with one attached hydrogen (secondary N) is 1. The van der Waals surface area contributed by atoms with Crippen LogP contribution in [0.3, 0.4) is 0 Å². The van der Waals surface area contributed by atoms with E-state index in [1.54, 1.807) is 0 Å². The number of amides is 1. The van der Waals surface area contributed by atoms with E-state index in [0.29, 0.717) is 0 Å². The number of hydrogen-bond donors (Lipinski definition) is 6. The SMILES string of the molecule is CO[C@H]1C[C@@](O)(C(=O)O)O[C@@H]([C@H](O)[C@H](O)CO)[C@@H]1NC(C)=O. The predicted molar refractivity (Wildman–Crippen MR) is 69.6 cm³/mol. The first kappa shape index (κ1) is 18.7. The maximum Gasteiger partial charge on any atom is 0.364 e. The number of aliphatic hydroxyl groups excluding tert-OH is 3. The second-order valence-corrected chi connectivity index (χ2v) is 5.12. The zero-order valence-electron chi connectivity index (χ0n) is 12.2. The number of carbonyl (C=O) groups is 2. The third-order valence-corrected chi connectivity index (χ3v) is 3.49. The summed E-state index contributed by atoms with van der Waals surface area (Å²) >= 11 is 0. The summed E-state index contributed by atoms with van der Waals surface area (Å²) in [7, 11) is 1.24. The van der Waals surface area contributed by atoms with Crippen LogP contribution in [0.1, 0.15) is 13.3 Å². The molecule has 0 unspecified atom stereocenters. The van der Waals surface area contributed by atoms with Gasteiger partial charge in [-0.05, 0) is 0 Å². The summed E-state index contributed by atoms with van der Waals surface area (Å²) in [5, 5.41) is 49.9. The summed E-state index contributed by atoms with van der Waals surface area (Å²) in [6.07, 6.45) is -6.42. The minimum Gasteiger partial charge on any atom is -0.477 e. The zero-order valence-corrected chi connectivity index (χ0v) is 12.2. The van der Waals surface area contributed by atoms with Gasteiger partial charge in [-0.15, -0.1) is 0 Å². The maximum atomic E-state index is 11.3. The van der Waals surface area contributed by atoms with Gasteiger partial charge in [0.2, 0.25) is 5.91 Å². The molecule has 10 nitrogen and oxygen atoms in total. The van der Waals surface area contributed by atoms with Crippen molar-refractivity contribution in [1.29, 1.82) is 0 Å². The summed E-state index contributed by atoms with van der Waals surface area (Å²) in [4.78, 5) is 22.4. The van der Waals surface area contributed by atoms with Crippen molar-refractivity contribution in [1.82, 2.24) is 5.32 Å². The van der Waals surface area contributed by atoms with Crippen LogP contribution < -0.4 is 5.32 Å². The molecule has 1 aliphatic rings. The van der Waals surface area contributed by atoms with Gasteiger partial charge in [0.15, 0.2) is 0 Å². The molecule has 6 N–H and O–H groups in total. The summed E-state index contributed by atoms with van der Waals surface area (Å²) in [6, 6.07) is -1.03. The molecule has 1 heterocycles. The summed E-state index contributed by atoms with van der Waals surface area (Å²) in [5.41, 5.74) is 0. The Balaban J connectivity index is 3.15. The largest absolute Gasteiger partial charge is 0.477 e. The number of aliphatic carboxylic acids is 1. The molecule has 6 atom stereocenters. The Morgan fingerprint density at radius 2 is 2.05 bits per heavy atom. The molecule has 128 valence electrons. The van der Waals surface area contributed by atoms with Crippen molar-refractivity contribution in [2.45, 2.75) is 49.6 Å². The van der Waals surface area contributed by atoms with Gasteiger partial charge >= 0.3 is 5.97 Å². The van der Waals surface area contributed by atoms with Crippen LogP contribution in [-0.4, -0.2) is 87.4 Å². The molecule has 0 bridgehead atoms. The van der Waals surface area contributed by atoms with Crippen molar-refractivity contribution in [2.75, 3.05) is 13.7 Å². The van der Waals surface area contributed by atoms with E-state index in [9.17, 15) is 24.9 Å². The van der Waals surface area contributed by atoms with E-state index in [1.807, 2.05) is 0 Å². The van der Waals surface area contributed by atoms with Crippen LogP contribution in [0, 0.1) is 0 Å². The van der Waals surface area contributed by atoms with E-state index in [2.05, 4.69) is 5.32 Å². The number of aliphatic hydroxyl groups is 4. The Morgan fingerprint density at radius 3 is 2.45 bits per heavy atom. The molecule has 0 spiro atoms. The van der Waals surface area contributed by atoms with Crippen molar-refractivity contribution >= 4 is 11.9 Å². The van der Waals surface area contributed by atoms with E-state index in [-0.39, 0.29) is 0 Å². The van der Waals surface area contributed by atoms with Gasteiger partial charge in [-0.25, -0.2) is 4.79 Å². The third kappa shape index (κ3) is 3.91. The van der Waals surface area contributed by atoms with Crippen molar-refractivity contribution in [3.8, 4) is 0 Å². The molecule has 22 heavy (non-hydrogen) atoms. The van der Waals surface area contributed by atoms with E-state index in [1.165, 1.54) is 14.0 Å². The average molecular weight is 323 g/mol. The second-order valence-electron chi connectivity index (χ2n) is 5.12. The molecular formula is C12H21NO9. The van der Waals surface area contributed by atoms with Crippen LogP contribution in [0.5, 0.6) is 0 Å². The predicted octanol–water partition coefficient (Wildman–Crippen LogP) is -3.22. The van der Waals surface area contributed by atoms with Gasteiger partial charge in [0.1, 0.15) is 18.3 Å². The van der Waals surface area contributed by atoms with Crippen LogP contribution >= 0.6 is 0 Å². The smallest absolute Gasteiger partial charge is 0.364 e. The highest BCUT2D eigenvalue weighted by molar-refractivity contribution is 5.76. The van der Waals surface area contributed by atoms with Crippen LogP contribution in [-0.2, 0) is 19.1 Å². The first-order valence-corrected chi connectivity index (χ1v) is 6.56. The van der Waals surface area contributed by atoms with Gasteiger partial charge < -0.3 is 40.3 Å². The molecule has 0 aromatic heterocycles. The zero-order chi connectivity index (χ0) is 17.1. The quantitative estimate of drug-likeness (QED) is 0.295. The fourth-order valence-electron chi connectivity index (χ4n) is 2.34. The molecular weight excluding hydrogens is 302 g/mol. The van der Waals surface area contributed by atoms with E-state index in [4.69, 9.17) is 19.7 Å². The molecule has 1 saturated heterocycles. The number of ether oxygens (including phenoxy) is 2. The lowest BCUT2D eigenvalue weighted by Gasteiger charge is -2.45. The topological polar surface area (TPSA) is 166 Å². The summed E-state index contributed by atoms with van der Waals surface area (Å²) in [6.45, 7) is 0.369. The Kier molecular flexibility index (Phi) is 6.23. The number of carboxylic acid groups (broad SMARTS) is 1. The number of carbonyl (C=O) groups excluding carboxylic acids is 1. The first-order chi connectivity index (χ1) is 10.2. The average Bonchev–Trinajstić information content (AvgIpc) is 2.46. The van der Waals surface area contributed by atoms with E-state index in [0.717, 1.165) is 0 Å². The van der Waals surface area contributed by atoms with Gasteiger partial charge in [0, 0.05) is 20.5 Å². The minimum atomic E-state index is -2.66. The lowest BCUT2D eigenvalue weighted by molar-refractivity contribution is -0.297. The van der Waals surface area contributed by atoms with E-state index < -0.39 is 61.1 Å². The first-order valence-electron chi connectivity index (χ1n) is 6.56. The molecule has 0 radical (unpaired) electrons. The minimum absolute atomic E-state index is 0.498. The lowest BCUT2D eigenvalue weighted by Crippen LogP contribution is -2.67. The Morgan fingerprint density at radius 1 is 1.45 bits per heavy atom. The van der Waals surface area contributed by atoms with Crippen molar-refractivity contribution < 1.29 is 44.6 Å². The second kappa shape index (κ2) is 7.31. The third-order valence-electron chi connectivity index (χ3n) is 3.49. The van der Waals surface area contributed by atoms with Gasteiger partial charge in [0.05, 0.1) is 18.8 Å². The van der Waals surface area contributed by atoms with Crippen LogP contribution in [0.25, 0.3) is 0 Å². The van der Waals surface area contributed by atoms with Crippen LogP contribution in [0.2, 0.25) is 0 Å². The monoisotopic (exact) mass is 323 g/mol. The molecule has 1 fully saturated rings. The molecule has 0 saturated carbocycles. The molecule has 0 aromatic carbocycles. The highest BCUT2D eigenvalue weighted by Gasteiger charge is 2.54. The number of hydrogen-bond acceptors (Lipinski definition) is 8. The normalized spacial score (nSPS) is 34.7. The number of methoxy groups -OCH3 is 1. The summed E-state index contributed by atoms with van der Waals surface area (Å²) in [5.74, 6) is -4.87. The van der Waals surface area contributed by atoms with Crippen molar-refractivity contribution in [3.63, 3.8) is 0 Å². The highest BCUT2D eigenvalue weighted by atomic mass is 16.7. The standard InChI is InChI=1S/C12H21NO9/c1-5(15)13-8-7(21-2)3-12(20,11(18)19)22-10(8)9(17)6(16)4-14/h6-10,14,16-17,20H,3-4H2,1-2H3,(H,13,15)(H,18,19)/t6-,7+,8-,9-,10-,12+/m1/s1. The van der Waals surface area contributed by atoms with Gasteiger partial charge in [-0.2, -0.15) is 0 Å². The molecule has 0 aromatic rings. The molecule has 10 heteroatoms. The fraction of sp³-hybridized carbons (Fsp3) is 0.833. The van der Waals surface area contributed by atoms with Gasteiger partial charge in [-0.3, -0.25) is 4.79 Å². The molecule has 0 aliphatic carbocycles. The summed E-state index contributed by atoms with van der Waals surface area (Å²) < 4.78 is 10.1. The van der Waals surface area contributed by atoms with Gasteiger partial charge in [-0.1, -0.05) is 0 Å². The molecule has 1 amide bonds. The molecule has 1 aliphatic heterocycles. The Bertz CT molecular complexity index is 417. The lowest BCUT2D eigenvalue weighted by atomic mass is 9.88. The number of rotatable bonds is 6. The van der Waals surface area contributed by atoms with Crippen molar-refractivity contribution in [2.24, 2.45) is 0 Å². The highest BCUT2D eigenvalue weighted by Crippen LogP contribution is 2.31.